The summed E-state index contributed by atoms with van der Waals surface area (Å²) in [6, 6.07) is 10.9. The van der Waals surface area contributed by atoms with Gasteiger partial charge < -0.3 is 10.2 Å². The lowest BCUT2D eigenvalue weighted by atomic mass is 10.1. The maximum absolute atomic E-state index is 12.2. The first kappa shape index (κ1) is 19.3. The number of nitrogens with zero attached hydrogens (tertiary/aromatic N) is 4. The number of hydrogen-bond donors (Lipinski definition) is 1. The van der Waals surface area contributed by atoms with Gasteiger partial charge in [-0.05, 0) is 50.5 Å². The number of piperidine rings is 1. The highest BCUT2D eigenvalue weighted by Gasteiger charge is 2.32. The fourth-order valence-corrected chi connectivity index (χ4v) is 4.51. The van der Waals surface area contributed by atoms with Crippen molar-refractivity contribution < 1.29 is 4.79 Å². The Morgan fingerprint density at radius 1 is 1.11 bits per heavy atom. The predicted octanol–water partition coefficient (Wildman–Crippen LogP) is 3.44. The average molecular weight is 400 g/mol. The van der Waals surface area contributed by atoms with E-state index in [-0.39, 0.29) is 5.91 Å². The zero-order chi connectivity index (χ0) is 19.2. The molecule has 0 spiro atoms. The Morgan fingerprint density at radius 2 is 1.89 bits per heavy atom. The number of carbonyl (C=O) groups excluding carboxylic acids is 1. The van der Waals surface area contributed by atoms with Crippen LogP contribution < -0.4 is 10.2 Å². The van der Waals surface area contributed by atoms with Crippen LogP contribution in [-0.4, -0.2) is 46.1 Å². The highest BCUT2D eigenvalue weighted by atomic mass is 32.2. The van der Waals surface area contributed by atoms with Gasteiger partial charge in [0.15, 0.2) is 5.16 Å². The van der Waals surface area contributed by atoms with Crippen LogP contribution in [0.1, 0.15) is 50.1 Å². The topological polar surface area (TPSA) is 63.1 Å². The Balaban J connectivity index is 1.25. The van der Waals surface area contributed by atoms with Crippen LogP contribution in [0.3, 0.4) is 0 Å². The molecule has 1 saturated carbocycles. The average Bonchev–Trinajstić information content (AvgIpc) is 3.50. The molecule has 150 valence electrons. The molecule has 2 fully saturated rings. The van der Waals surface area contributed by atoms with E-state index in [1.54, 1.807) is 0 Å². The number of carbonyl (C=O) groups is 1. The van der Waals surface area contributed by atoms with Gasteiger partial charge in [0.05, 0.1) is 5.75 Å². The van der Waals surface area contributed by atoms with Gasteiger partial charge in [-0.1, -0.05) is 42.1 Å². The molecular formula is C21H29N5OS. The number of aromatic nitrogens is 3. The van der Waals surface area contributed by atoms with E-state index in [1.807, 2.05) is 6.07 Å². The van der Waals surface area contributed by atoms with Crippen LogP contribution in [0.25, 0.3) is 0 Å². The first-order valence-corrected chi connectivity index (χ1v) is 11.4. The van der Waals surface area contributed by atoms with Gasteiger partial charge in [-0.25, -0.2) is 0 Å². The van der Waals surface area contributed by atoms with Crippen LogP contribution in [0.15, 0.2) is 35.5 Å². The lowest BCUT2D eigenvalue weighted by molar-refractivity contribution is -0.118. The molecule has 1 aliphatic carbocycles. The van der Waals surface area contributed by atoms with Crippen molar-refractivity contribution in [3.63, 3.8) is 0 Å². The van der Waals surface area contributed by atoms with Crippen molar-refractivity contribution in [2.45, 2.75) is 56.1 Å². The second kappa shape index (κ2) is 9.45. The second-order valence-corrected chi connectivity index (χ2v) is 8.60. The molecule has 0 unspecified atom stereocenters. The Morgan fingerprint density at radius 3 is 2.64 bits per heavy atom. The molecule has 2 heterocycles. The molecule has 6 nitrogen and oxygen atoms in total. The minimum Gasteiger partial charge on any atom is -0.355 e. The van der Waals surface area contributed by atoms with Gasteiger partial charge in [0.1, 0.15) is 0 Å². The van der Waals surface area contributed by atoms with Crippen LogP contribution in [0.2, 0.25) is 0 Å². The maximum Gasteiger partial charge on any atom is 0.230 e. The molecule has 28 heavy (non-hydrogen) atoms. The Labute approximate surface area is 171 Å². The molecule has 4 rings (SSSR count). The molecule has 0 atom stereocenters. The fraction of sp³-hybridized carbons (Fsp3) is 0.571. The number of amides is 1. The normalized spacial score (nSPS) is 16.9. The molecule has 2 aromatic rings. The Kier molecular flexibility index (Phi) is 6.52. The van der Waals surface area contributed by atoms with E-state index in [1.165, 1.54) is 49.4 Å². The van der Waals surface area contributed by atoms with Crippen LogP contribution in [0.4, 0.5) is 5.95 Å². The fourth-order valence-electron chi connectivity index (χ4n) is 3.68. The highest BCUT2D eigenvalue weighted by Crippen LogP contribution is 2.41. The molecule has 0 radical (unpaired) electrons. The zero-order valence-electron chi connectivity index (χ0n) is 16.3. The minimum atomic E-state index is 0.0722. The summed E-state index contributed by atoms with van der Waals surface area (Å²) >= 11 is 1.51. The lowest BCUT2D eigenvalue weighted by Crippen LogP contribution is -2.32. The van der Waals surface area contributed by atoms with E-state index >= 15 is 0 Å². The summed E-state index contributed by atoms with van der Waals surface area (Å²) in [6.07, 6.45) is 8.09. The van der Waals surface area contributed by atoms with Gasteiger partial charge in [-0.3, -0.25) is 9.36 Å². The van der Waals surface area contributed by atoms with Crippen molar-refractivity contribution in [2.75, 3.05) is 30.3 Å². The number of benzene rings is 1. The third-order valence-electron chi connectivity index (χ3n) is 5.34. The van der Waals surface area contributed by atoms with Crippen LogP contribution in [0.5, 0.6) is 0 Å². The van der Waals surface area contributed by atoms with Crippen molar-refractivity contribution in [2.24, 2.45) is 0 Å². The first-order valence-electron chi connectivity index (χ1n) is 10.4. The third kappa shape index (κ3) is 5.07. The smallest absolute Gasteiger partial charge is 0.230 e. The van der Waals surface area contributed by atoms with Crippen molar-refractivity contribution in [3.8, 4) is 0 Å². The molecule has 1 amide bonds. The van der Waals surface area contributed by atoms with Crippen molar-refractivity contribution >= 4 is 23.6 Å². The number of hydrogen-bond acceptors (Lipinski definition) is 5. The van der Waals surface area contributed by atoms with Gasteiger partial charge in [0.25, 0.3) is 0 Å². The van der Waals surface area contributed by atoms with E-state index < -0.39 is 0 Å². The Bertz CT molecular complexity index is 768. The number of rotatable bonds is 9. The number of nitrogens with one attached hydrogen (secondary N) is 1. The number of thioether (sulfide) groups is 1. The summed E-state index contributed by atoms with van der Waals surface area (Å²) in [6.45, 7) is 2.84. The van der Waals surface area contributed by atoms with E-state index in [0.29, 0.717) is 18.3 Å². The SMILES string of the molecule is O=C(CSc1nnc(N2CCCCC2)n1C1CC1)NCCCc1ccccc1. The summed E-state index contributed by atoms with van der Waals surface area (Å²) in [7, 11) is 0. The molecule has 1 saturated heterocycles. The monoisotopic (exact) mass is 399 g/mol. The van der Waals surface area contributed by atoms with Gasteiger partial charge in [-0.2, -0.15) is 0 Å². The summed E-state index contributed by atoms with van der Waals surface area (Å²) in [5, 5.41) is 12.8. The van der Waals surface area contributed by atoms with Gasteiger partial charge in [0.2, 0.25) is 11.9 Å². The van der Waals surface area contributed by atoms with Crippen LogP contribution in [-0.2, 0) is 11.2 Å². The van der Waals surface area contributed by atoms with E-state index in [2.05, 4.69) is 49.2 Å². The molecular weight excluding hydrogens is 370 g/mol. The quantitative estimate of drug-likeness (QED) is 0.517. The summed E-state index contributed by atoms with van der Waals surface area (Å²) in [4.78, 5) is 14.6. The molecule has 1 aliphatic heterocycles. The van der Waals surface area contributed by atoms with Gasteiger partial charge in [0, 0.05) is 25.7 Å². The second-order valence-electron chi connectivity index (χ2n) is 7.66. The van der Waals surface area contributed by atoms with E-state index in [4.69, 9.17) is 0 Å². The third-order valence-corrected chi connectivity index (χ3v) is 6.28. The summed E-state index contributed by atoms with van der Waals surface area (Å²) < 4.78 is 2.28. The first-order chi connectivity index (χ1) is 13.8. The van der Waals surface area contributed by atoms with Crippen molar-refractivity contribution in [1.82, 2.24) is 20.1 Å². The largest absolute Gasteiger partial charge is 0.355 e. The van der Waals surface area contributed by atoms with E-state index in [0.717, 1.165) is 37.0 Å². The molecule has 2 aliphatic rings. The molecule has 7 heteroatoms. The molecule has 1 aromatic heterocycles. The number of anilines is 1. The Hall–Kier alpha value is -2.02. The van der Waals surface area contributed by atoms with Crippen LogP contribution in [0, 0.1) is 0 Å². The van der Waals surface area contributed by atoms with E-state index in [9.17, 15) is 4.79 Å². The highest BCUT2D eigenvalue weighted by molar-refractivity contribution is 7.99. The predicted molar refractivity (Wildman–Crippen MR) is 113 cm³/mol. The minimum absolute atomic E-state index is 0.0722. The van der Waals surface area contributed by atoms with Crippen LogP contribution >= 0.6 is 11.8 Å². The molecule has 1 aromatic carbocycles. The summed E-state index contributed by atoms with van der Waals surface area (Å²) in [5.74, 6) is 1.48. The summed E-state index contributed by atoms with van der Waals surface area (Å²) in [5.41, 5.74) is 1.31. The van der Waals surface area contributed by atoms with Gasteiger partial charge >= 0.3 is 0 Å². The molecule has 1 N–H and O–H groups in total. The lowest BCUT2D eigenvalue weighted by Gasteiger charge is -2.27. The zero-order valence-corrected chi connectivity index (χ0v) is 17.2. The number of aryl methyl sites for hydroxylation is 1. The van der Waals surface area contributed by atoms with Crippen molar-refractivity contribution in [1.29, 1.82) is 0 Å². The van der Waals surface area contributed by atoms with Crippen molar-refractivity contribution in [3.05, 3.63) is 35.9 Å². The molecule has 0 bridgehead atoms. The van der Waals surface area contributed by atoms with Gasteiger partial charge in [-0.15, -0.1) is 10.2 Å². The standard InChI is InChI=1S/C21H29N5OS/c27-19(22-13-7-10-17-8-3-1-4-9-17)16-28-21-24-23-20(26(21)18-11-12-18)25-14-5-2-6-15-25/h1,3-4,8-9,18H,2,5-7,10-16H2,(H,22,27). The maximum atomic E-state index is 12.2.